The largest absolute Gasteiger partial charge is 0.512 e. The van der Waals surface area contributed by atoms with E-state index >= 15 is 0 Å². The molecule has 7 heteroatoms. The number of carbonyl (C=O) groups is 1. The van der Waals surface area contributed by atoms with Gasteiger partial charge in [-0.3, -0.25) is 9.48 Å². The molecule has 1 N–H and O–H groups in total. The van der Waals surface area contributed by atoms with Crippen molar-refractivity contribution in [1.82, 2.24) is 14.8 Å². The van der Waals surface area contributed by atoms with Gasteiger partial charge in [-0.2, -0.15) is 6.07 Å². The van der Waals surface area contributed by atoms with Gasteiger partial charge in [0.2, 0.25) is 0 Å². The van der Waals surface area contributed by atoms with Gasteiger partial charge in [-0.25, -0.2) is 16.4 Å². The standard InChI is InChI=1S/C7H6N3S.C5H8O2.Pt/c1-10-4-2-6(9-10)7-8-3-5-11-7;1-4(6)3-5(2)7;/h3-5H,1H3;3,6H,1-2H3;/q-1;;/b;4-3-;. The summed E-state index contributed by atoms with van der Waals surface area (Å²) < 4.78 is 1.72. The molecule has 0 saturated heterocycles. The summed E-state index contributed by atoms with van der Waals surface area (Å²) in [5.41, 5.74) is 0.822. The molecule has 2 heterocycles. The quantitative estimate of drug-likeness (QED) is 0.426. The first-order valence-electron chi connectivity index (χ1n) is 5.18. The van der Waals surface area contributed by atoms with E-state index in [4.69, 9.17) is 5.11 Å². The van der Waals surface area contributed by atoms with Gasteiger partial charge in [-0.1, -0.05) is 6.20 Å². The van der Waals surface area contributed by atoms with Crippen molar-refractivity contribution in [3.8, 4) is 10.7 Å². The number of aliphatic hydroxyl groups excluding tert-OH is 1. The van der Waals surface area contributed by atoms with Crippen LogP contribution in [0.5, 0.6) is 0 Å². The third-order valence-corrected chi connectivity index (χ3v) is 2.47. The maximum atomic E-state index is 10.0. The van der Waals surface area contributed by atoms with Gasteiger partial charge in [0, 0.05) is 40.4 Å². The maximum absolute atomic E-state index is 10.0. The molecule has 0 unspecified atom stereocenters. The zero-order chi connectivity index (χ0) is 13.5. The second-order valence-corrected chi connectivity index (χ2v) is 4.42. The van der Waals surface area contributed by atoms with Gasteiger partial charge in [-0.05, 0) is 29.9 Å². The third-order valence-electron chi connectivity index (χ3n) is 1.69. The van der Waals surface area contributed by atoms with Crippen LogP contribution in [0.25, 0.3) is 10.7 Å². The molecule has 0 saturated carbocycles. The zero-order valence-electron chi connectivity index (χ0n) is 10.7. The van der Waals surface area contributed by atoms with Crippen LogP contribution in [0.3, 0.4) is 0 Å². The number of hydrogen-bond acceptors (Lipinski definition) is 5. The summed E-state index contributed by atoms with van der Waals surface area (Å²) in [5.74, 6) is -0.0625. The number of thiazole rings is 1. The summed E-state index contributed by atoms with van der Waals surface area (Å²) in [4.78, 5) is 14.1. The second kappa shape index (κ2) is 8.77. The van der Waals surface area contributed by atoms with E-state index in [0.29, 0.717) is 0 Å². The van der Waals surface area contributed by atoms with Crippen molar-refractivity contribution >= 4 is 17.1 Å². The average Bonchev–Trinajstić information content (AvgIpc) is 2.85. The molecule has 0 aliphatic heterocycles. The summed E-state index contributed by atoms with van der Waals surface area (Å²) in [6.45, 7) is 2.85. The Morgan fingerprint density at radius 2 is 2.21 bits per heavy atom. The fraction of sp³-hybridized carbons (Fsp3) is 0.250. The van der Waals surface area contributed by atoms with Gasteiger partial charge in [0.1, 0.15) is 0 Å². The van der Waals surface area contributed by atoms with E-state index in [0.717, 1.165) is 10.7 Å². The molecule has 0 amide bonds. The van der Waals surface area contributed by atoms with E-state index in [1.165, 1.54) is 19.9 Å². The summed E-state index contributed by atoms with van der Waals surface area (Å²) in [7, 11) is 1.87. The minimum absolute atomic E-state index is 0. The first-order valence-corrected chi connectivity index (χ1v) is 6.06. The zero-order valence-corrected chi connectivity index (χ0v) is 13.8. The molecule has 0 aliphatic rings. The molecule has 0 aliphatic carbocycles. The van der Waals surface area contributed by atoms with Gasteiger partial charge in [-0.15, -0.1) is 0 Å². The summed E-state index contributed by atoms with van der Waals surface area (Å²) in [5, 5.41) is 15.4. The fourth-order valence-electron chi connectivity index (χ4n) is 1.11. The Bertz CT molecular complexity index is 531. The van der Waals surface area contributed by atoms with Crippen LogP contribution in [-0.4, -0.2) is 25.7 Å². The second-order valence-electron chi connectivity index (χ2n) is 3.53. The van der Waals surface area contributed by atoms with E-state index in [9.17, 15) is 4.79 Å². The molecule has 2 rings (SSSR count). The Hall–Kier alpha value is -1.26. The van der Waals surface area contributed by atoms with Crippen molar-refractivity contribution in [3.63, 3.8) is 0 Å². The van der Waals surface area contributed by atoms with Gasteiger partial charge in [0.05, 0.1) is 5.76 Å². The van der Waals surface area contributed by atoms with E-state index in [1.54, 1.807) is 28.4 Å². The van der Waals surface area contributed by atoms with Gasteiger partial charge < -0.3 is 10.1 Å². The number of rotatable bonds is 2. The smallest absolute Gasteiger partial charge is 0.155 e. The van der Waals surface area contributed by atoms with Crippen molar-refractivity contribution < 1.29 is 31.0 Å². The van der Waals surface area contributed by atoms with Crippen LogP contribution in [0.1, 0.15) is 13.8 Å². The monoisotopic (exact) mass is 459 g/mol. The molecule has 0 bridgehead atoms. The van der Waals surface area contributed by atoms with Gasteiger partial charge >= 0.3 is 0 Å². The molecule has 5 nitrogen and oxygen atoms in total. The molecular weight excluding hydrogens is 445 g/mol. The number of aryl methyl sites for hydroxylation is 1. The molecule has 0 spiro atoms. The number of aliphatic hydroxyl groups is 1. The topological polar surface area (TPSA) is 68.0 Å². The van der Waals surface area contributed by atoms with Crippen LogP contribution in [0, 0.1) is 6.07 Å². The molecule has 19 heavy (non-hydrogen) atoms. The summed E-state index contributed by atoms with van der Waals surface area (Å²) >= 11 is 1.57. The molecule has 0 fully saturated rings. The van der Waals surface area contributed by atoms with Crippen molar-refractivity contribution in [3.05, 3.63) is 35.7 Å². The van der Waals surface area contributed by atoms with Crippen LogP contribution >= 0.6 is 11.3 Å². The van der Waals surface area contributed by atoms with E-state index < -0.39 is 0 Å². The van der Waals surface area contributed by atoms with Crippen molar-refractivity contribution in [1.29, 1.82) is 0 Å². The van der Waals surface area contributed by atoms with E-state index in [-0.39, 0.29) is 32.6 Å². The Labute approximate surface area is 130 Å². The Morgan fingerprint density at radius 1 is 1.53 bits per heavy atom. The first kappa shape index (κ1) is 17.7. The Balaban J connectivity index is 0.000000360. The molecule has 2 aromatic heterocycles. The van der Waals surface area contributed by atoms with Gasteiger partial charge in [0.25, 0.3) is 0 Å². The molecular formula is C12H14N3O2PtS-. The minimum atomic E-state index is -0.125. The number of allylic oxidation sites excluding steroid dienone is 2. The average molecular weight is 459 g/mol. The summed E-state index contributed by atoms with van der Waals surface area (Å²) in [6, 6.07) is 3.01. The minimum Gasteiger partial charge on any atom is -0.512 e. The number of ketones is 1. The van der Waals surface area contributed by atoms with E-state index in [2.05, 4.69) is 16.1 Å². The maximum Gasteiger partial charge on any atom is 0.155 e. The number of hydrogen-bond donors (Lipinski definition) is 1. The number of carbonyl (C=O) groups excluding carboxylic acids is 1. The summed E-state index contributed by atoms with van der Waals surface area (Å²) in [6.07, 6.45) is 4.72. The van der Waals surface area contributed by atoms with Crippen LogP contribution < -0.4 is 0 Å². The van der Waals surface area contributed by atoms with Crippen molar-refractivity contribution in [2.45, 2.75) is 13.8 Å². The first-order chi connectivity index (χ1) is 8.49. The molecule has 106 valence electrons. The molecule has 0 atom stereocenters. The van der Waals surface area contributed by atoms with E-state index in [1.807, 2.05) is 12.4 Å². The fourth-order valence-corrected chi connectivity index (χ4v) is 1.69. The van der Waals surface area contributed by atoms with Crippen molar-refractivity contribution in [2.75, 3.05) is 0 Å². The predicted octanol–water partition coefficient (Wildman–Crippen LogP) is 2.38. The van der Waals surface area contributed by atoms with Crippen LogP contribution in [-0.2, 0) is 32.9 Å². The van der Waals surface area contributed by atoms with Crippen molar-refractivity contribution in [2.24, 2.45) is 7.05 Å². The van der Waals surface area contributed by atoms with Gasteiger partial charge in [0.15, 0.2) is 5.78 Å². The SMILES string of the molecule is CC(=O)/C=C(/C)O.Cn1c[c-]c(-c2nccs2)n1.[Pt]. The number of aromatic nitrogens is 3. The van der Waals surface area contributed by atoms with Crippen LogP contribution in [0.15, 0.2) is 29.6 Å². The Kier molecular flexibility index (Phi) is 8.19. The molecule has 2 aromatic rings. The molecule has 0 aromatic carbocycles. The molecule has 0 radical (unpaired) electrons. The van der Waals surface area contributed by atoms with Crippen LogP contribution in [0.2, 0.25) is 0 Å². The van der Waals surface area contributed by atoms with Crippen LogP contribution in [0.4, 0.5) is 0 Å². The normalized spacial score (nSPS) is 10.2. The number of nitrogens with zero attached hydrogens (tertiary/aromatic N) is 3. The predicted molar refractivity (Wildman–Crippen MR) is 70.2 cm³/mol. The Morgan fingerprint density at radius 3 is 2.53 bits per heavy atom. The third kappa shape index (κ3) is 7.03.